The molecule has 0 unspecified atom stereocenters. The molecule has 0 saturated heterocycles. The molecule has 3 rings (SSSR count). The molecule has 0 heterocycles. The Morgan fingerprint density at radius 3 is 1.75 bits per heavy atom. The topological polar surface area (TPSA) is 12.4 Å². The lowest BCUT2D eigenvalue weighted by molar-refractivity contribution is 0.627. The van der Waals surface area contributed by atoms with Gasteiger partial charge in [0.25, 0.3) is 0 Å². The van der Waals surface area contributed by atoms with Crippen molar-refractivity contribution in [3.05, 3.63) is 95.6 Å². The molecule has 0 aliphatic heterocycles. The number of hydrogen-bond donors (Lipinski definition) is 0. The second-order valence-electron chi connectivity index (χ2n) is 5.15. The first-order valence-electron chi connectivity index (χ1n) is 7.41. The van der Waals surface area contributed by atoms with E-state index in [1.54, 1.807) is 36.0 Å². The Kier molecular flexibility index (Phi) is 5.06. The number of para-hydroxylation sites is 1. The summed E-state index contributed by atoms with van der Waals surface area (Å²) in [7, 11) is 0. The molecule has 0 radical (unpaired) electrons. The first kappa shape index (κ1) is 16.4. The maximum absolute atomic E-state index is 13.3. The van der Waals surface area contributed by atoms with E-state index in [1.807, 2.05) is 30.5 Å². The van der Waals surface area contributed by atoms with Gasteiger partial charge in [-0.25, -0.2) is 13.8 Å². The van der Waals surface area contributed by atoms with E-state index in [1.165, 1.54) is 24.3 Å². The monoisotopic (exact) mass is 339 g/mol. The van der Waals surface area contributed by atoms with E-state index in [2.05, 4.69) is 0 Å². The summed E-state index contributed by atoms with van der Waals surface area (Å²) in [6.45, 7) is 0. The van der Waals surface area contributed by atoms with Gasteiger partial charge in [-0.1, -0.05) is 12.1 Å². The highest BCUT2D eigenvalue weighted by Gasteiger charge is 2.09. The van der Waals surface area contributed by atoms with Crippen LogP contribution in [0.25, 0.3) is 0 Å². The SMILES string of the molecule is CSc1ccccc1N=C(c1ccc(F)cc1)c1ccc(F)cc1. The van der Waals surface area contributed by atoms with E-state index in [0.717, 1.165) is 21.7 Å². The Morgan fingerprint density at radius 2 is 1.25 bits per heavy atom. The highest BCUT2D eigenvalue weighted by atomic mass is 32.2. The zero-order chi connectivity index (χ0) is 16.9. The molecule has 0 N–H and O–H groups in total. The smallest absolute Gasteiger partial charge is 0.123 e. The predicted octanol–water partition coefficient (Wildman–Crippen LogP) is 5.86. The van der Waals surface area contributed by atoms with Crippen molar-refractivity contribution in [1.82, 2.24) is 0 Å². The fraction of sp³-hybridized carbons (Fsp3) is 0.0500. The number of rotatable bonds is 4. The Balaban J connectivity index is 2.16. The van der Waals surface area contributed by atoms with Crippen LogP contribution in [0.3, 0.4) is 0 Å². The van der Waals surface area contributed by atoms with Crippen molar-refractivity contribution in [1.29, 1.82) is 0 Å². The van der Waals surface area contributed by atoms with Gasteiger partial charge < -0.3 is 0 Å². The molecule has 0 fully saturated rings. The van der Waals surface area contributed by atoms with Crippen molar-refractivity contribution in [2.24, 2.45) is 4.99 Å². The molecule has 120 valence electrons. The van der Waals surface area contributed by atoms with E-state index >= 15 is 0 Å². The van der Waals surface area contributed by atoms with Gasteiger partial charge in [-0.2, -0.15) is 0 Å². The van der Waals surface area contributed by atoms with Gasteiger partial charge in [-0.05, 0) is 66.9 Å². The molecule has 0 aliphatic carbocycles. The van der Waals surface area contributed by atoms with Crippen LogP contribution in [0.15, 0.2) is 82.7 Å². The minimum atomic E-state index is -0.304. The summed E-state index contributed by atoms with van der Waals surface area (Å²) >= 11 is 1.61. The van der Waals surface area contributed by atoms with Gasteiger partial charge in [0.1, 0.15) is 11.6 Å². The molecular formula is C20H15F2NS. The molecule has 24 heavy (non-hydrogen) atoms. The number of thioether (sulfide) groups is 1. The molecular weight excluding hydrogens is 324 g/mol. The van der Waals surface area contributed by atoms with Crippen molar-refractivity contribution >= 4 is 23.2 Å². The highest BCUT2D eigenvalue weighted by molar-refractivity contribution is 7.98. The Morgan fingerprint density at radius 1 is 0.750 bits per heavy atom. The quantitative estimate of drug-likeness (QED) is 0.429. The van der Waals surface area contributed by atoms with Crippen LogP contribution < -0.4 is 0 Å². The van der Waals surface area contributed by atoms with Crippen LogP contribution in [0.1, 0.15) is 11.1 Å². The summed E-state index contributed by atoms with van der Waals surface area (Å²) in [4.78, 5) is 5.82. The van der Waals surface area contributed by atoms with Gasteiger partial charge in [0.2, 0.25) is 0 Å². The normalized spacial score (nSPS) is 10.5. The summed E-state index contributed by atoms with van der Waals surface area (Å²) in [5.41, 5.74) is 3.06. The summed E-state index contributed by atoms with van der Waals surface area (Å²) in [5, 5.41) is 0. The molecule has 0 spiro atoms. The maximum atomic E-state index is 13.3. The van der Waals surface area contributed by atoms with Crippen molar-refractivity contribution < 1.29 is 8.78 Å². The van der Waals surface area contributed by atoms with Crippen LogP contribution in [0.4, 0.5) is 14.5 Å². The number of benzene rings is 3. The molecule has 4 heteroatoms. The van der Waals surface area contributed by atoms with E-state index < -0.39 is 0 Å². The van der Waals surface area contributed by atoms with Crippen LogP contribution >= 0.6 is 11.8 Å². The number of hydrogen-bond acceptors (Lipinski definition) is 2. The minimum absolute atomic E-state index is 0.304. The average molecular weight is 339 g/mol. The third-order valence-electron chi connectivity index (χ3n) is 3.55. The van der Waals surface area contributed by atoms with E-state index in [4.69, 9.17) is 4.99 Å². The zero-order valence-corrected chi connectivity index (χ0v) is 13.9. The standard InChI is InChI=1S/C20H15F2NS/c1-24-19-5-3-2-4-18(19)23-20(14-6-10-16(21)11-7-14)15-8-12-17(22)13-9-15/h2-13H,1H3. The van der Waals surface area contributed by atoms with Crippen molar-refractivity contribution in [3.8, 4) is 0 Å². The third kappa shape index (κ3) is 3.71. The number of halogens is 2. The summed E-state index contributed by atoms with van der Waals surface area (Å²) in [6, 6.07) is 20.1. The first-order chi connectivity index (χ1) is 11.7. The summed E-state index contributed by atoms with van der Waals surface area (Å²) < 4.78 is 26.5. The Hall–Kier alpha value is -2.46. The second kappa shape index (κ2) is 7.41. The Labute approximate surface area is 144 Å². The van der Waals surface area contributed by atoms with E-state index in [9.17, 15) is 8.78 Å². The molecule has 0 aliphatic rings. The number of aliphatic imine (C=N–C) groups is 1. The van der Waals surface area contributed by atoms with Gasteiger partial charge >= 0.3 is 0 Å². The largest absolute Gasteiger partial charge is 0.247 e. The third-order valence-corrected chi connectivity index (χ3v) is 4.34. The molecule has 0 bridgehead atoms. The second-order valence-corrected chi connectivity index (χ2v) is 5.99. The molecule has 0 amide bonds. The molecule has 0 aromatic heterocycles. The minimum Gasteiger partial charge on any atom is -0.247 e. The number of nitrogens with zero attached hydrogens (tertiary/aromatic N) is 1. The van der Waals surface area contributed by atoms with Crippen molar-refractivity contribution in [3.63, 3.8) is 0 Å². The summed E-state index contributed by atoms with van der Waals surface area (Å²) in [5.74, 6) is -0.608. The highest BCUT2D eigenvalue weighted by Crippen LogP contribution is 2.29. The van der Waals surface area contributed by atoms with Crippen molar-refractivity contribution in [2.45, 2.75) is 4.90 Å². The molecule has 0 atom stereocenters. The lowest BCUT2D eigenvalue weighted by Crippen LogP contribution is -2.03. The summed E-state index contributed by atoms with van der Waals surface area (Å²) in [6.07, 6.45) is 1.99. The van der Waals surface area contributed by atoms with Gasteiger partial charge in [0, 0.05) is 16.0 Å². The molecule has 0 saturated carbocycles. The van der Waals surface area contributed by atoms with Crippen molar-refractivity contribution in [2.75, 3.05) is 6.26 Å². The fourth-order valence-corrected chi connectivity index (χ4v) is 2.89. The lowest BCUT2D eigenvalue weighted by atomic mass is 10.0. The average Bonchev–Trinajstić information content (AvgIpc) is 2.62. The molecule has 1 nitrogen and oxygen atoms in total. The van der Waals surface area contributed by atoms with E-state index in [0.29, 0.717) is 5.71 Å². The van der Waals surface area contributed by atoms with Crippen LogP contribution in [0, 0.1) is 11.6 Å². The van der Waals surface area contributed by atoms with Crippen LogP contribution in [-0.2, 0) is 0 Å². The van der Waals surface area contributed by atoms with Gasteiger partial charge in [0.05, 0.1) is 11.4 Å². The van der Waals surface area contributed by atoms with E-state index in [-0.39, 0.29) is 11.6 Å². The first-order valence-corrected chi connectivity index (χ1v) is 8.63. The lowest BCUT2D eigenvalue weighted by Gasteiger charge is -2.10. The van der Waals surface area contributed by atoms with Crippen LogP contribution in [0.5, 0.6) is 0 Å². The Bertz CT molecular complexity index is 808. The zero-order valence-electron chi connectivity index (χ0n) is 13.0. The fourth-order valence-electron chi connectivity index (χ4n) is 2.35. The van der Waals surface area contributed by atoms with Gasteiger partial charge in [-0.3, -0.25) is 0 Å². The maximum Gasteiger partial charge on any atom is 0.123 e. The van der Waals surface area contributed by atoms with Gasteiger partial charge in [0.15, 0.2) is 0 Å². The predicted molar refractivity (Wildman–Crippen MR) is 96.3 cm³/mol. The molecule has 3 aromatic carbocycles. The molecule has 3 aromatic rings. The van der Waals surface area contributed by atoms with Crippen LogP contribution in [0.2, 0.25) is 0 Å². The van der Waals surface area contributed by atoms with Gasteiger partial charge in [-0.15, -0.1) is 11.8 Å². The van der Waals surface area contributed by atoms with Crippen LogP contribution in [-0.4, -0.2) is 12.0 Å².